The molecule has 2 aromatic carbocycles. The van der Waals surface area contributed by atoms with Crippen LogP contribution in [0.1, 0.15) is 28.8 Å². The minimum atomic E-state index is -0.404. The zero-order chi connectivity index (χ0) is 20.1. The van der Waals surface area contributed by atoms with Crippen molar-refractivity contribution < 1.29 is 23.8 Å². The van der Waals surface area contributed by atoms with Crippen LogP contribution in [0.3, 0.4) is 0 Å². The lowest BCUT2D eigenvalue weighted by atomic mass is 10.1. The van der Waals surface area contributed by atoms with Gasteiger partial charge in [-0.1, -0.05) is 12.1 Å². The molecule has 0 saturated carbocycles. The molecule has 2 aliphatic rings. The predicted molar refractivity (Wildman–Crippen MR) is 108 cm³/mol. The van der Waals surface area contributed by atoms with Gasteiger partial charge < -0.3 is 24.8 Å². The summed E-state index contributed by atoms with van der Waals surface area (Å²) in [6, 6.07) is 12.7. The van der Waals surface area contributed by atoms with Crippen LogP contribution in [0, 0.1) is 0 Å². The Bertz CT molecular complexity index is 893. The van der Waals surface area contributed by atoms with Gasteiger partial charge in [0, 0.05) is 24.4 Å². The van der Waals surface area contributed by atoms with Crippen molar-refractivity contribution in [1.82, 2.24) is 5.32 Å². The van der Waals surface area contributed by atoms with E-state index in [9.17, 15) is 9.59 Å². The van der Waals surface area contributed by atoms with Gasteiger partial charge in [-0.15, -0.1) is 0 Å². The van der Waals surface area contributed by atoms with Gasteiger partial charge in [0.05, 0.1) is 0 Å². The Morgan fingerprint density at radius 3 is 2.69 bits per heavy atom. The molecule has 7 heteroatoms. The molecule has 1 saturated heterocycles. The predicted octanol–water partition coefficient (Wildman–Crippen LogP) is 2.55. The van der Waals surface area contributed by atoms with Crippen LogP contribution in [-0.2, 0) is 16.0 Å². The van der Waals surface area contributed by atoms with Gasteiger partial charge >= 0.3 is 0 Å². The first-order valence-electron chi connectivity index (χ1n) is 9.88. The Labute approximate surface area is 169 Å². The lowest BCUT2D eigenvalue weighted by molar-refractivity contribution is -0.124. The van der Waals surface area contributed by atoms with Crippen LogP contribution in [0.25, 0.3) is 0 Å². The second kappa shape index (κ2) is 8.96. The van der Waals surface area contributed by atoms with Gasteiger partial charge in [-0.25, -0.2) is 0 Å². The Morgan fingerprint density at radius 2 is 1.86 bits per heavy atom. The van der Waals surface area contributed by atoms with E-state index >= 15 is 0 Å². The van der Waals surface area contributed by atoms with Crippen molar-refractivity contribution >= 4 is 17.5 Å². The van der Waals surface area contributed by atoms with Crippen LogP contribution in [-0.4, -0.2) is 44.3 Å². The van der Waals surface area contributed by atoms with Crippen molar-refractivity contribution in [3.63, 3.8) is 0 Å². The molecule has 1 fully saturated rings. The van der Waals surface area contributed by atoms with Crippen LogP contribution < -0.4 is 20.1 Å². The Balaban J connectivity index is 1.30. The highest BCUT2D eigenvalue weighted by Gasteiger charge is 2.23. The fraction of sp³-hybridized carbons (Fsp3) is 0.364. The van der Waals surface area contributed by atoms with E-state index in [0.29, 0.717) is 44.0 Å². The van der Waals surface area contributed by atoms with Crippen molar-refractivity contribution in [3.8, 4) is 11.5 Å². The summed E-state index contributed by atoms with van der Waals surface area (Å²) in [4.78, 5) is 24.6. The average Bonchev–Trinajstić information content (AvgIpc) is 3.29. The third-order valence-electron chi connectivity index (χ3n) is 4.92. The number of ether oxygens (including phenoxy) is 3. The Hall–Kier alpha value is -3.06. The lowest BCUT2D eigenvalue weighted by Gasteiger charge is -2.18. The van der Waals surface area contributed by atoms with E-state index in [1.54, 1.807) is 24.3 Å². The molecule has 1 unspecified atom stereocenters. The quantitative estimate of drug-likeness (QED) is 0.784. The summed E-state index contributed by atoms with van der Waals surface area (Å²) in [5.74, 6) is 1.15. The van der Waals surface area contributed by atoms with E-state index in [1.165, 1.54) is 0 Å². The molecule has 2 heterocycles. The molecule has 4 rings (SSSR count). The number of carbonyl (C=O) groups is 2. The molecule has 0 aromatic heterocycles. The topological polar surface area (TPSA) is 85.9 Å². The summed E-state index contributed by atoms with van der Waals surface area (Å²) in [5.41, 5.74) is 2.15. The van der Waals surface area contributed by atoms with Crippen LogP contribution in [0.2, 0.25) is 0 Å². The van der Waals surface area contributed by atoms with Gasteiger partial charge in [-0.05, 0) is 55.2 Å². The first-order valence-corrected chi connectivity index (χ1v) is 9.88. The molecule has 2 aromatic rings. The summed E-state index contributed by atoms with van der Waals surface area (Å²) in [6.45, 7) is 2.22. The molecule has 2 N–H and O–H groups in total. The van der Waals surface area contributed by atoms with Gasteiger partial charge in [0.25, 0.3) is 11.8 Å². The van der Waals surface area contributed by atoms with E-state index in [1.807, 2.05) is 18.2 Å². The number of anilines is 1. The molecule has 2 amide bonds. The number of hydrogen-bond acceptors (Lipinski definition) is 5. The Kier molecular flexibility index (Phi) is 5.95. The maximum atomic E-state index is 12.5. The van der Waals surface area contributed by atoms with E-state index in [4.69, 9.17) is 14.2 Å². The molecule has 152 valence electrons. The molecular formula is C22H24N2O5. The minimum Gasteiger partial charge on any atom is -0.486 e. The number of fused-ring (bicyclic) bond motifs is 1. The van der Waals surface area contributed by atoms with Gasteiger partial charge in [-0.2, -0.15) is 0 Å². The first-order chi connectivity index (χ1) is 14.2. The lowest BCUT2D eigenvalue weighted by Crippen LogP contribution is -2.28. The molecule has 0 spiro atoms. The molecule has 2 aliphatic heterocycles. The third-order valence-corrected chi connectivity index (χ3v) is 4.92. The van der Waals surface area contributed by atoms with Crippen LogP contribution in [0.5, 0.6) is 11.5 Å². The van der Waals surface area contributed by atoms with Gasteiger partial charge in [0.15, 0.2) is 11.5 Å². The van der Waals surface area contributed by atoms with E-state index in [0.717, 1.165) is 29.9 Å². The highest BCUT2D eigenvalue weighted by atomic mass is 16.6. The second-order valence-electron chi connectivity index (χ2n) is 7.06. The van der Waals surface area contributed by atoms with Crippen molar-refractivity contribution in [2.45, 2.75) is 25.4 Å². The van der Waals surface area contributed by atoms with E-state index < -0.39 is 6.10 Å². The number of benzene rings is 2. The van der Waals surface area contributed by atoms with Crippen molar-refractivity contribution in [2.24, 2.45) is 0 Å². The van der Waals surface area contributed by atoms with Crippen LogP contribution in [0.15, 0.2) is 42.5 Å². The zero-order valence-electron chi connectivity index (χ0n) is 16.1. The highest BCUT2D eigenvalue weighted by Crippen LogP contribution is 2.30. The molecule has 7 nitrogen and oxygen atoms in total. The van der Waals surface area contributed by atoms with Gasteiger partial charge in [-0.3, -0.25) is 9.59 Å². The number of carbonyl (C=O) groups excluding carboxylic acids is 2. The van der Waals surface area contributed by atoms with Crippen molar-refractivity contribution in [3.05, 3.63) is 53.6 Å². The van der Waals surface area contributed by atoms with Crippen molar-refractivity contribution in [2.75, 3.05) is 31.7 Å². The van der Waals surface area contributed by atoms with Gasteiger partial charge in [0.2, 0.25) is 0 Å². The van der Waals surface area contributed by atoms with Gasteiger partial charge in [0.1, 0.15) is 19.3 Å². The summed E-state index contributed by atoms with van der Waals surface area (Å²) < 4.78 is 16.5. The fourth-order valence-electron chi connectivity index (χ4n) is 3.41. The first kappa shape index (κ1) is 19.3. The summed E-state index contributed by atoms with van der Waals surface area (Å²) >= 11 is 0. The van der Waals surface area contributed by atoms with E-state index in [2.05, 4.69) is 10.6 Å². The SMILES string of the molecule is O=C(NCCc1ccc2c(c1)OCCO2)c1cccc(NC(=O)C2CCCO2)c1. The molecule has 29 heavy (non-hydrogen) atoms. The maximum Gasteiger partial charge on any atom is 0.253 e. The van der Waals surface area contributed by atoms with Crippen LogP contribution in [0.4, 0.5) is 5.69 Å². The molecule has 0 radical (unpaired) electrons. The number of nitrogens with one attached hydrogen (secondary N) is 2. The molecule has 0 bridgehead atoms. The normalized spacial score (nSPS) is 17.6. The van der Waals surface area contributed by atoms with Crippen LogP contribution >= 0.6 is 0 Å². The monoisotopic (exact) mass is 396 g/mol. The summed E-state index contributed by atoms with van der Waals surface area (Å²) in [6.07, 6.45) is 1.90. The standard InChI is InChI=1S/C22H24N2O5/c25-21(23-9-8-15-6-7-18-20(13-15)29-12-11-28-18)16-3-1-4-17(14-16)24-22(26)19-5-2-10-27-19/h1,3-4,6-7,13-14,19H,2,5,8-12H2,(H,23,25)(H,24,26). The Morgan fingerprint density at radius 1 is 1.00 bits per heavy atom. The zero-order valence-corrected chi connectivity index (χ0v) is 16.1. The maximum absolute atomic E-state index is 12.5. The number of amides is 2. The smallest absolute Gasteiger partial charge is 0.253 e. The number of hydrogen-bond donors (Lipinski definition) is 2. The minimum absolute atomic E-state index is 0.168. The third kappa shape index (κ3) is 4.86. The highest BCUT2D eigenvalue weighted by molar-refractivity contribution is 5.98. The largest absolute Gasteiger partial charge is 0.486 e. The second-order valence-corrected chi connectivity index (χ2v) is 7.06. The van der Waals surface area contributed by atoms with Crippen molar-refractivity contribution in [1.29, 1.82) is 0 Å². The summed E-state index contributed by atoms with van der Waals surface area (Å²) in [5, 5.41) is 5.74. The average molecular weight is 396 g/mol. The fourth-order valence-corrected chi connectivity index (χ4v) is 3.41. The molecule has 0 aliphatic carbocycles. The van der Waals surface area contributed by atoms with E-state index in [-0.39, 0.29) is 11.8 Å². The number of rotatable bonds is 6. The molecule has 1 atom stereocenters. The molecular weight excluding hydrogens is 372 g/mol. The summed E-state index contributed by atoms with van der Waals surface area (Å²) in [7, 11) is 0.